The molecule has 0 saturated heterocycles. The first-order chi connectivity index (χ1) is 11.2. The van der Waals surface area contributed by atoms with Crippen molar-refractivity contribution in [1.29, 1.82) is 0 Å². The van der Waals surface area contributed by atoms with Crippen molar-refractivity contribution in [2.75, 3.05) is 17.7 Å². The summed E-state index contributed by atoms with van der Waals surface area (Å²) in [5.41, 5.74) is 1.67. The highest BCUT2D eigenvalue weighted by Gasteiger charge is 2.03. The lowest BCUT2D eigenvalue weighted by atomic mass is 10.3. The van der Waals surface area contributed by atoms with Gasteiger partial charge in [0.15, 0.2) is 0 Å². The van der Waals surface area contributed by atoms with E-state index in [0.717, 1.165) is 17.1 Å². The van der Waals surface area contributed by atoms with E-state index in [1.807, 2.05) is 48.5 Å². The molecule has 0 saturated carbocycles. The average Bonchev–Trinajstić information content (AvgIpc) is 2.58. The van der Waals surface area contributed by atoms with Crippen molar-refractivity contribution in [2.45, 2.75) is 0 Å². The quantitative estimate of drug-likeness (QED) is 0.716. The van der Waals surface area contributed by atoms with Crippen molar-refractivity contribution >= 4 is 34.7 Å². The Balaban J connectivity index is 1.75. The van der Waals surface area contributed by atoms with E-state index in [1.54, 1.807) is 19.4 Å². The van der Waals surface area contributed by atoms with E-state index in [1.165, 1.54) is 0 Å². The topological polar surface area (TPSA) is 59.1 Å². The Kier molecular flexibility index (Phi) is 4.59. The van der Waals surface area contributed by atoms with Gasteiger partial charge in [-0.05, 0) is 42.5 Å². The highest BCUT2D eigenvalue weighted by atomic mass is 35.5. The van der Waals surface area contributed by atoms with Gasteiger partial charge >= 0.3 is 0 Å². The van der Waals surface area contributed by atoms with E-state index in [9.17, 15) is 0 Å². The standard InChI is InChI=1S/C17H15ClN4O/c1-23-13-8-6-12(7-9-13)20-17-19-11-10-16(22-17)21-15-5-3-2-4-14(15)18/h2-11H,1H3,(H2,19,20,21,22). The molecule has 116 valence electrons. The molecule has 0 spiro atoms. The minimum atomic E-state index is 0.493. The van der Waals surface area contributed by atoms with Crippen LogP contribution in [-0.2, 0) is 0 Å². The highest BCUT2D eigenvalue weighted by molar-refractivity contribution is 6.33. The number of benzene rings is 2. The van der Waals surface area contributed by atoms with Crippen molar-refractivity contribution in [3.63, 3.8) is 0 Å². The summed E-state index contributed by atoms with van der Waals surface area (Å²) in [6, 6.07) is 16.8. The zero-order valence-corrected chi connectivity index (χ0v) is 13.2. The van der Waals surface area contributed by atoms with Crippen LogP contribution in [0.2, 0.25) is 5.02 Å². The molecule has 0 atom stereocenters. The second-order valence-corrected chi connectivity index (χ2v) is 5.13. The van der Waals surface area contributed by atoms with Gasteiger partial charge in [-0.2, -0.15) is 4.98 Å². The van der Waals surface area contributed by atoms with E-state index >= 15 is 0 Å². The first kappa shape index (κ1) is 15.1. The van der Waals surface area contributed by atoms with E-state index in [2.05, 4.69) is 20.6 Å². The fraction of sp³-hybridized carbons (Fsp3) is 0.0588. The van der Waals surface area contributed by atoms with Gasteiger partial charge in [0, 0.05) is 11.9 Å². The van der Waals surface area contributed by atoms with Crippen LogP contribution in [0.15, 0.2) is 60.8 Å². The fourth-order valence-electron chi connectivity index (χ4n) is 1.99. The van der Waals surface area contributed by atoms with Crippen LogP contribution >= 0.6 is 11.6 Å². The number of hydrogen-bond acceptors (Lipinski definition) is 5. The molecule has 0 radical (unpaired) electrons. The second-order valence-electron chi connectivity index (χ2n) is 4.72. The number of anilines is 4. The number of rotatable bonds is 5. The summed E-state index contributed by atoms with van der Waals surface area (Å²) < 4.78 is 5.13. The molecule has 1 heterocycles. The normalized spacial score (nSPS) is 10.2. The Morgan fingerprint density at radius 1 is 0.957 bits per heavy atom. The maximum atomic E-state index is 6.14. The van der Waals surface area contributed by atoms with Crippen molar-refractivity contribution < 1.29 is 4.74 Å². The zero-order chi connectivity index (χ0) is 16.1. The molecule has 1 aromatic heterocycles. The number of para-hydroxylation sites is 1. The lowest BCUT2D eigenvalue weighted by molar-refractivity contribution is 0.415. The number of halogens is 1. The highest BCUT2D eigenvalue weighted by Crippen LogP contribution is 2.24. The molecular weight excluding hydrogens is 312 g/mol. The summed E-state index contributed by atoms with van der Waals surface area (Å²) in [4.78, 5) is 8.64. The Morgan fingerprint density at radius 2 is 1.74 bits per heavy atom. The van der Waals surface area contributed by atoms with Gasteiger partial charge in [0.1, 0.15) is 11.6 Å². The maximum absolute atomic E-state index is 6.14. The van der Waals surface area contributed by atoms with Crippen LogP contribution in [0.3, 0.4) is 0 Å². The van der Waals surface area contributed by atoms with Gasteiger partial charge in [0.05, 0.1) is 17.8 Å². The summed E-state index contributed by atoms with van der Waals surface area (Å²) in [6.07, 6.45) is 1.68. The van der Waals surface area contributed by atoms with E-state index in [-0.39, 0.29) is 0 Å². The summed E-state index contributed by atoms with van der Waals surface area (Å²) in [7, 11) is 1.63. The zero-order valence-electron chi connectivity index (χ0n) is 12.5. The number of aromatic nitrogens is 2. The van der Waals surface area contributed by atoms with Crippen LogP contribution in [0.5, 0.6) is 5.75 Å². The minimum Gasteiger partial charge on any atom is -0.497 e. The SMILES string of the molecule is COc1ccc(Nc2nccc(Nc3ccccc3Cl)n2)cc1. The lowest BCUT2D eigenvalue weighted by Crippen LogP contribution is -2.00. The molecule has 0 aliphatic rings. The second kappa shape index (κ2) is 6.98. The largest absolute Gasteiger partial charge is 0.497 e. The predicted octanol–water partition coefficient (Wildman–Crippen LogP) is 4.63. The first-order valence-corrected chi connectivity index (χ1v) is 7.38. The van der Waals surface area contributed by atoms with Gasteiger partial charge in [-0.25, -0.2) is 4.98 Å². The fourth-order valence-corrected chi connectivity index (χ4v) is 2.18. The van der Waals surface area contributed by atoms with Gasteiger partial charge < -0.3 is 15.4 Å². The van der Waals surface area contributed by atoms with Crippen molar-refractivity contribution in [1.82, 2.24) is 9.97 Å². The molecule has 0 unspecified atom stereocenters. The Morgan fingerprint density at radius 3 is 2.48 bits per heavy atom. The molecule has 0 aliphatic heterocycles. The number of ether oxygens (including phenoxy) is 1. The average molecular weight is 327 g/mol. The van der Waals surface area contributed by atoms with Gasteiger partial charge in [0.25, 0.3) is 0 Å². The van der Waals surface area contributed by atoms with Gasteiger partial charge in [-0.1, -0.05) is 23.7 Å². The summed E-state index contributed by atoms with van der Waals surface area (Å²) in [5.74, 6) is 1.95. The third kappa shape index (κ3) is 3.90. The van der Waals surface area contributed by atoms with Gasteiger partial charge in [-0.3, -0.25) is 0 Å². The minimum absolute atomic E-state index is 0.493. The number of methoxy groups -OCH3 is 1. The van der Waals surface area contributed by atoms with Crippen LogP contribution in [0.25, 0.3) is 0 Å². The van der Waals surface area contributed by atoms with Crippen molar-refractivity contribution in [3.05, 3.63) is 65.8 Å². The lowest BCUT2D eigenvalue weighted by Gasteiger charge is -2.09. The van der Waals surface area contributed by atoms with Gasteiger partial charge in [-0.15, -0.1) is 0 Å². The molecule has 5 nitrogen and oxygen atoms in total. The van der Waals surface area contributed by atoms with Crippen LogP contribution < -0.4 is 15.4 Å². The van der Waals surface area contributed by atoms with E-state index in [4.69, 9.17) is 16.3 Å². The molecule has 23 heavy (non-hydrogen) atoms. The van der Waals surface area contributed by atoms with Crippen molar-refractivity contribution in [2.24, 2.45) is 0 Å². The smallest absolute Gasteiger partial charge is 0.229 e. The molecule has 6 heteroatoms. The molecule has 0 bridgehead atoms. The van der Waals surface area contributed by atoms with Crippen molar-refractivity contribution in [3.8, 4) is 5.75 Å². The third-order valence-corrected chi connectivity index (χ3v) is 3.47. The van der Waals surface area contributed by atoms with E-state index in [0.29, 0.717) is 16.8 Å². The molecular formula is C17H15ClN4O. The van der Waals surface area contributed by atoms with E-state index < -0.39 is 0 Å². The predicted molar refractivity (Wildman–Crippen MR) is 93.0 cm³/mol. The molecule has 2 aromatic carbocycles. The maximum Gasteiger partial charge on any atom is 0.229 e. The van der Waals surface area contributed by atoms with Crippen LogP contribution in [0.4, 0.5) is 23.1 Å². The summed E-state index contributed by atoms with van der Waals surface area (Å²) >= 11 is 6.14. The number of hydrogen-bond donors (Lipinski definition) is 2. The Bertz CT molecular complexity index is 793. The first-order valence-electron chi connectivity index (χ1n) is 7.00. The third-order valence-electron chi connectivity index (χ3n) is 3.14. The monoisotopic (exact) mass is 326 g/mol. The molecule has 0 aliphatic carbocycles. The number of nitrogens with one attached hydrogen (secondary N) is 2. The molecule has 3 rings (SSSR count). The molecule has 0 amide bonds. The van der Waals surface area contributed by atoms with Crippen LogP contribution in [0.1, 0.15) is 0 Å². The Hall–Kier alpha value is -2.79. The summed E-state index contributed by atoms with van der Waals surface area (Å²) in [6.45, 7) is 0. The summed E-state index contributed by atoms with van der Waals surface area (Å²) in [5, 5.41) is 6.95. The Labute approximate surface area is 139 Å². The molecule has 2 N–H and O–H groups in total. The number of nitrogens with zero attached hydrogens (tertiary/aromatic N) is 2. The molecule has 3 aromatic rings. The van der Waals surface area contributed by atoms with Crippen LogP contribution in [0, 0.1) is 0 Å². The van der Waals surface area contributed by atoms with Gasteiger partial charge in [0.2, 0.25) is 5.95 Å². The molecule has 0 fully saturated rings. The van der Waals surface area contributed by atoms with Crippen LogP contribution in [-0.4, -0.2) is 17.1 Å².